The number of ether oxygens (including phenoxy) is 1. The molecule has 3 rings (SSSR count). The monoisotopic (exact) mass is 366 g/mol. The van der Waals surface area contributed by atoms with Crippen molar-refractivity contribution in [1.82, 2.24) is 0 Å². The number of aromatic carboxylic acids is 1. The second-order valence-corrected chi connectivity index (χ2v) is 6.36. The number of benzene rings is 3. The predicted octanol–water partition coefficient (Wildman–Crippen LogP) is 6.16. The first-order valence-electron chi connectivity index (χ1n) is 8.45. The maximum Gasteiger partial charge on any atom is 0.335 e. The number of halogens is 1. The molecule has 0 saturated carbocycles. The van der Waals surface area contributed by atoms with Crippen LogP contribution < -0.4 is 4.74 Å². The number of carbonyl (C=O) groups is 1. The van der Waals surface area contributed by atoms with E-state index in [1.807, 2.05) is 48.5 Å². The highest BCUT2D eigenvalue weighted by Crippen LogP contribution is 2.39. The van der Waals surface area contributed by atoms with Gasteiger partial charge in [-0.05, 0) is 53.4 Å². The molecule has 3 aromatic carbocycles. The molecule has 0 amide bonds. The molecule has 0 fully saturated rings. The molecule has 0 spiro atoms. The Hall–Kier alpha value is -2.78. The van der Waals surface area contributed by atoms with Gasteiger partial charge in [0.05, 0.1) is 12.2 Å². The number of carboxylic acid groups (broad SMARTS) is 1. The Balaban J connectivity index is 2.15. The van der Waals surface area contributed by atoms with E-state index >= 15 is 0 Å². The lowest BCUT2D eigenvalue weighted by molar-refractivity contribution is 0.0697. The number of carboxylic acids is 1. The van der Waals surface area contributed by atoms with E-state index in [0.29, 0.717) is 11.6 Å². The van der Waals surface area contributed by atoms with E-state index < -0.39 is 5.97 Å². The molecule has 4 heteroatoms. The van der Waals surface area contributed by atoms with E-state index in [2.05, 4.69) is 6.92 Å². The molecule has 3 aromatic rings. The molecule has 0 aliphatic rings. The van der Waals surface area contributed by atoms with Gasteiger partial charge in [-0.2, -0.15) is 0 Å². The molecule has 0 atom stereocenters. The molecule has 0 bridgehead atoms. The van der Waals surface area contributed by atoms with Gasteiger partial charge in [0.25, 0.3) is 0 Å². The summed E-state index contributed by atoms with van der Waals surface area (Å²) in [5, 5.41) is 9.91. The quantitative estimate of drug-likeness (QED) is 0.568. The minimum atomic E-state index is -0.945. The van der Waals surface area contributed by atoms with Gasteiger partial charge in [0.2, 0.25) is 0 Å². The van der Waals surface area contributed by atoms with Gasteiger partial charge < -0.3 is 9.84 Å². The maximum atomic E-state index is 11.3. The van der Waals surface area contributed by atoms with Crippen molar-refractivity contribution in [2.24, 2.45) is 0 Å². The van der Waals surface area contributed by atoms with Crippen molar-refractivity contribution in [3.8, 4) is 28.0 Å². The van der Waals surface area contributed by atoms with Crippen LogP contribution in [0.2, 0.25) is 5.02 Å². The summed E-state index contributed by atoms with van der Waals surface area (Å²) in [6.45, 7) is 2.67. The van der Waals surface area contributed by atoms with Gasteiger partial charge >= 0.3 is 5.97 Å². The average molecular weight is 367 g/mol. The summed E-state index contributed by atoms with van der Waals surface area (Å²) in [6, 6.07) is 20.3. The van der Waals surface area contributed by atoms with E-state index in [4.69, 9.17) is 16.3 Å². The lowest BCUT2D eigenvalue weighted by Gasteiger charge is -2.15. The van der Waals surface area contributed by atoms with Gasteiger partial charge in [-0.15, -0.1) is 0 Å². The molecule has 26 heavy (non-hydrogen) atoms. The lowest BCUT2D eigenvalue weighted by Crippen LogP contribution is -1.98. The Labute approximate surface area is 157 Å². The Morgan fingerprint density at radius 2 is 1.73 bits per heavy atom. The van der Waals surface area contributed by atoms with Crippen LogP contribution in [0.25, 0.3) is 22.3 Å². The molecule has 3 nitrogen and oxygen atoms in total. The molecule has 0 saturated heterocycles. The number of rotatable bonds is 6. The van der Waals surface area contributed by atoms with Crippen molar-refractivity contribution in [1.29, 1.82) is 0 Å². The van der Waals surface area contributed by atoms with Crippen LogP contribution in [0.5, 0.6) is 5.75 Å². The average Bonchev–Trinajstić information content (AvgIpc) is 2.67. The minimum absolute atomic E-state index is 0.255. The zero-order valence-electron chi connectivity index (χ0n) is 14.4. The van der Waals surface area contributed by atoms with Crippen molar-refractivity contribution in [2.75, 3.05) is 6.61 Å². The van der Waals surface area contributed by atoms with E-state index in [1.165, 1.54) is 0 Å². The highest BCUT2D eigenvalue weighted by Gasteiger charge is 2.14. The second kappa shape index (κ2) is 8.07. The van der Waals surface area contributed by atoms with Gasteiger partial charge in [0, 0.05) is 10.6 Å². The molecule has 0 aliphatic carbocycles. The summed E-state index contributed by atoms with van der Waals surface area (Å²) in [5.41, 5.74) is 3.86. The van der Waals surface area contributed by atoms with E-state index in [0.717, 1.165) is 34.4 Å². The van der Waals surface area contributed by atoms with Crippen LogP contribution in [0.4, 0.5) is 0 Å². The fourth-order valence-corrected chi connectivity index (χ4v) is 3.01. The Morgan fingerprint density at radius 3 is 2.46 bits per heavy atom. The molecule has 0 aliphatic heterocycles. The standard InChI is InChI=1S/C22H19ClO3/c1-2-12-26-21-11-10-17(23)14-20(21)19-9-4-3-8-18(19)15-6-5-7-16(13-15)22(24)25/h3-11,13-14H,2,12H2,1H3,(H,24,25). The van der Waals surface area contributed by atoms with Crippen LogP contribution in [0.1, 0.15) is 23.7 Å². The topological polar surface area (TPSA) is 46.5 Å². The normalized spacial score (nSPS) is 10.5. The first-order chi connectivity index (χ1) is 12.6. The summed E-state index contributed by atoms with van der Waals surface area (Å²) in [7, 11) is 0. The summed E-state index contributed by atoms with van der Waals surface area (Å²) in [4.78, 5) is 11.3. The van der Waals surface area contributed by atoms with E-state index in [-0.39, 0.29) is 5.56 Å². The minimum Gasteiger partial charge on any atom is -0.493 e. The Kier molecular flexibility index (Phi) is 5.59. The second-order valence-electron chi connectivity index (χ2n) is 5.92. The number of hydrogen-bond acceptors (Lipinski definition) is 2. The highest BCUT2D eigenvalue weighted by atomic mass is 35.5. The fourth-order valence-electron chi connectivity index (χ4n) is 2.84. The SMILES string of the molecule is CCCOc1ccc(Cl)cc1-c1ccccc1-c1cccc(C(=O)O)c1. The van der Waals surface area contributed by atoms with Crippen LogP contribution in [0.3, 0.4) is 0 Å². The first-order valence-corrected chi connectivity index (χ1v) is 8.83. The third kappa shape index (κ3) is 3.89. The zero-order chi connectivity index (χ0) is 18.5. The maximum absolute atomic E-state index is 11.3. The van der Waals surface area contributed by atoms with Crippen LogP contribution in [0, 0.1) is 0 Å². The first kappa shape index (κ1) is 18.0. The molecule has 0 unspecified atom stereocenters. The van der Waals surface area contributed by atoms with Crippen molar-refractivity contribution >= 4 is 17.6 Å². The predicted molar refractivity (Wildman–Crippen MR) is 105 cm³/mol. The molecule has 0 heterocycles. The summed E-state index contributed by atoms with van der Waals surface area (Å²) >= 11 is 6.23. The van der Waals surface area contributed by atoms with Crippen molar-refractivity contribution in [2.45, 2.75) is 13.3 Å². The molecule has 0 radical (unpaired) electrons. The fraction of sp³-hybridized carbons (Fsp3) is 0.136. The van der Waals surface area contributed by atoms with Crippen LogP contribution in [0.15, 0.2) is 66.7 Å². The summed E-state index contributed by atoms with van der Waals surface area (Å²) in [5.74, 6) is -0.183. The summed E-state index contributed by atoms with van der Waals surface area (Å²) in [6.07, 6.45) is 0.907. The van der Waals surface area contributed by atoms with Crippen molar-refractivity contribution in [3.63, 3.8) is 0 Å². The third-order valence-electron chi connectivity index (χ3n) is 4.04. The Bertz CT molecular complexity index is 934. The van der Waals surface area contributed by atoms with E-state index in [1.54, 1.807) is 18.2 Å². The Morgan fingerprint density at radius 1 is 0.962 bits per heavy atom. The van der Waals surface area contributed by atoms with Crippen LogP contribution >= 0.6 is 11.6 Å². The van der Waals surface area contributed by atoms with Crippen molar-refractivity contribution in [3.05, 3.63) is 77.3 Å². The van der Waals surface area contributed by atoms with Gasteiger partial charge in [0.1, 0.15) is 5.75 Å². The molecular formula is C22H19ClO3. The van der Waals surface area contributed by atoms with Gasteiger partial charge in [-0.3, -0.25) is 0 Å². The van der Waals surface area contributed by atoms with Crippen molar-refractivity contribution < 1.29 is 14.6 Å². The molecule has 0 aromatic heterocycles. The van der Waals surface area contributed by atoms with Gasteiger partial charge in [-0.1, -0.05) is 54.9 Å². The van der Waals surface area contributed by atoms with Gasteiger partial charge in [-0.25, -0.2) is 4.79 Å². The summed E-state index contributed by atoms with van der Waals surface area (Å²) < 4.78 is 5.90. The smallest absolute Gasteiger partial charge is 0.335 e. The third-order valence-corrected chi connectivity index (χ3v) is 4.28. The van der Waals surface area contributed by atoms with Crippen LogP contribution in [-0.2, 0) is 0 Å². The number of hydrogen-bond donors (Lipinski definition) is 1. The van der Waals surface area contributed by atoms with Crippen LogP contribution in [-0.4, -0.2) is 17.7 Å². The lowest BCUT2D eigenvalue weighted by atomic mass is 9.93. The molecular weight excluding hydrogens is 348 g/mol. The molecule has 132 valence electrons. The van der Waals surface area contributed by atoms with Gasteiger partial charge in [0.15, 0.2) is 0 Å². The van der Waals surface area contributed by atoms with E-state index in [9.17, 15) is 9.90 Å². The molecule has 1 N–H and O–H groups in total. The zero-order valence-corrected chi connectivity index (χ0v) is 15.2. The largest absolute Gasteiger partial charge is 0.493 e. The highest BCUT2D eigenvalue weighted by molar-refractivity contribution is 6.31.